The Labute approximate surface area is 187 Å². The highest BCUT2D eigenvalue weighted by Gasteiger charge is 2.14. The number of amides is 2. The van der Waals surface area contributed by atoms with E-state index in [0.29, 0.717) is 36.3 Å². The molecule has 3 N–H and O–H groups in total. The van der Waals surface area contributed by atoms with Gasteiger partial charge >= 0.3 is 0 Å². The smallest absolute Gasteiger partial charge is 0.255 e. The number of rotatable bonds is 9. The maximum Gasteiger partial charge on any atom is 0.255 e. The van der Waals surface area contributed by atoms with E-state index in [1.807, 2.05) is 30.3 Å². The molecule has 7 nitrogen and oxygen atoms in total. The van der Waals surface area contributed by atoms with Gasteiger partial charge in [-0.1, -0.05) is 37.3 Å². The fourth-order valence-electron chi connectivity index (χ4n) is 2.93. The lowest BCUT2D eigenvalue weighted by Crippen LogP contribution is -2.26. The minimum atomic E-state index is -3.64. The van der Waals surface area contributed by atoms with E-state index in [-0.39, 0.29) is 16.7 Å². The van der Waals surface area contributed by atoms with Gasteiger partial charge in [-0.05, 0) is 60.5 Å². The average Bonchev–Trinajstić information content (AvgIpc) is 2.80. The summed E-state index contributed by atoms with van der Waals surface area (Å²) in [7, 11) is -3.64. The first-order valence-corrected chi connectivity index (χ1v) is 11.7. The van der Waals surface area contributed by atoms with Gasteiger partial charge in [0.15, 0.2) is 0 Å². The predicted octanol–water partition coefficient (Wildman–Crippen LogP) is 3.81. The Balaban J connectivity index is 1.56. The number of anilines is 2. The molecule has 0 bridgehead atoms. The predicted molar refractivity (Wildman–Crippen MR) is 125 cm³/mol. The fourth-order valence-corrected chi connectivity index (χ4v) is 3.96. The molecule has 0 atom stereocenters. The molecule has 8 heteroatoms. The Bertz CT molecular complexity index is 1160. The third-order valence-electron chi connectivity index (χ3n) is 4.72. The second-order valence-electron chi connectivity index (χ2n) is 7.09. The molecule has 0 aliphatic rings. The molecule has 0 aliphatic heterocycles. The topological polar surface area (TPSA) is 104 Å². The Morgan fingerprint density at radius 1 is 0.781 bits per heavy atom. The zero-order valence-electron chi connectivity index (χ0n) is 17.7. The Hall–Kier alpha value is -3.49. The van der Waals surface area contributed by atoms with Crippen LogP contribution in [0.1, 0.15) is 29.3 Å². The summed E-state index contributed by atoms with van der Waals surface area (Å²) in [5.74, 6) is -0.443. The molecule has 2 amide bonds. The molecule has 3 aromatic rings. The largest absolute Gasteiger partial charge is 0.326 e. The normalized spacial score (nSPS) is 11.0. The van der Waals surface area contributed by atoms with Crippen LogP contribution in [0.5, 0.6) is 0 Å². The second-order valence-corrected chi connectivity index (χ2v) is 8.86. The zero-order chi connectivity index (χ0) is 23.0. The molecule has 3 aromatic carbocycles. The van der Waals surface area contributed by atoms with Gasteiger partial charge in [-0.25, -0.2) is 13.1 Å². The first kappa shape index (κ1) is 23.2. The van der Waals surface area contributed by atoms with Crippen LogP contribution in [0.4, 0.5) is 11.4 Å². The highest BCUT2D eigenvalue weighted by atomic mass is 32.2. The lowest BCUT2D eigenvalue weighted by molar-refractivity contribution is -0.115. The van der Waals surface area contributed by atoms with E-state index in [1.54, 1.807) is 43.3 Å². The fraction of sp³-hybridized carbons (Fsp3) is 0.167. The van der Waals surface area contributed by atoms with Crippen molar-refractivity contribution < 1.29 is 18.0 Å². The van der Waals surface area contributed by atoms with Crippen LogP contribution in [-0.4, -0.2) is 26.8 Å². The van der Waals surface area contributed by atoms with Crippen molar-refractivity contribution in [3.05, 3.63) is 90.0 Å². The van der Waals surface area contributed by atoms with Crippen molar-refractivity contribution in [2.75, 3.05) is 17.2 Å². The Kier molecular flexibility index (Phi) is 7.75. The molecule has 0 aromatic heterocycles. The first-order chi connectivity index (χ1) is 15.4. The zero-order valence-corrected chi connectivity index (χ0v) is 18.5. The highest BCUT2D eigenvalue weighted by molar-refractivity contribution is 7.89. The molecule has 0 heterocycles. The standard InChI is InChI=1S/C24H25N3O4S/c1-2-23(28)26-20-10-8-19(9-11-20)24(29)27-21-12-14-22(15-13-21)32(30,31)25-17-16-18-6-4-3-5-7-18/h3-15,25H,2,16-17H2,1H3,(H,26,28)(H,27,29). The third kappa shape index (κ3) is 6.50. The maximum absolute atomic E-state index is 12.5. The second kappa shape index (κ2) is 10.7. The maximum atomic E-state index is 12.5. The van der Waals surface area contributed by atoms with Crippen molar-refractivity contribution in [3.63, 3.8) is 0 Å². The molecule has 166 valence electrons. The molecule has 3 rings (SSSR count). The van der Waals surface area contributed by atoms with Gasteiger partial charge in [-0.2, -0.15) is 0 Å². The summed E-state index contributed by atoms with van der Waals surface area (Å²) in [6, 6.07) is 22.1. The van der Waals surface area contributed by atoms with E-state index in [0.717, 1.165) is 5.56 Å². The average molecular weight is 452 g/mol. The van der Waals surface area contributed by atoms with Gasteiger partial charge < -0.3 is 10.6 Å². The molecule has 0 spiro atoms. The van der Waals surface area contributed by atoms with Crippen molar-refractivity contribution in [1.29, 1.82) is 0 Å². The summed E-state index contributed by atoms with van der Waals surface area (Å²) >= 11 is 0. The van der Waals surface area contributed by atoms with Gasteiger partial charge in [0.1, 0.15) is 0 Å². The number of hydrogen-bond acceptors (Lipinski definition) is 4. The van der Waals surface area contributed by atoms with Crippen LogP contribution in [0, 0.1) is 0 Å². The number of hydrogen-bond donors (Lipinski definition) is 3. The summed E-state index contributed by atoms with van der Waals surface area (Å²) in [4.78, 5) is 24.0. The van der Waals surface area contributed by atoms with Crippen LogP contribution in [0.2, 0.25) is 0 Å². The minimum Gasteiger partial charge on any atom is -0.326 e. The van der Waals surface area contributed by atoms with Crippen LogP contribution in [-0.2, 0) is 21.2 Å². The molecular weight excluding hydrogens is 426 g/mol. The molecular formula is C24H25N3O4S. The van der Waals surface area contributed by atoms with E-state index in [4.69, 9.17) is 0 Å². The van der Waals surface area contributed by atoms with Crippen LogP contribution in [0.3, 0.4) is 0 Å². The quantitative estimate of drug-likeness (QED) is 0.460. The van der Waals surface area contributed by atoms with Crippen LogP contribution in [0.15, 0.2) is 83.8 Å². The number of nitrogens with one attached hydrogen (secondary N) is 3. The summed E-state index contributed by atoms with van der Waals surface area (Å²) < 4.78 is 27.5. The van der Waals surface area contributed by atoms with Crippen LogP contribution in [0.25, 0.3) is 0 Å². The van der Waals surface area contributed by atoms with Gasteiger partial charge in [-0.15, -0.1) is 0 Å². The van der Waals surface area contributed by atoms with Crippen molar-refractivity contribution in [2.24, 2.45) is 0 Å². The SMILES string of the molecule is CCC(=O)Nc1ccc(C(=O)Nc2ccc(S(=O)(=O)NCCc3ccccc3)cc2)cc1. The van der Waals surface area contributed by atoms with E-state index in [2.05, 4.69) is 15.4 Å². The van der Waals surface area contributed by atoms with E-state index >= 15 is 0 Å². The van der Waals surface area contributed by atoms with E-state index in [1.165, 1.54) is 12.1 Å². The third-order valence-corrected chi connectivity index (χ3v) is 6.20. The molecule has 32 heavy (non-hydrogen) atoms. The first-order valence-electron chi connectivity index (χ1n) is 10.2. The molecule has 0 fully saturated rings. The molecule has 0 saturated heterocycles. The monoisotopic (exact) mass is 451 g/mol. The summed E-state index contributed by atoms with van der Waals surface area (Å²) in [6.45, 7) is 2.05. The van der Waals surface area contributed by atoms with Crippen LogP contribution < -0.4 is 15.4 Å². The summed E-state index contributed by atoms with van der Waals surface area (Å²) in [5, 5.41) is 5.45. The van der Waals surface area contributed by atoms with Crippen molar-refractivity contribution >= 4 is 33.2 Å². The van der Waals surface area contributed by atoms with Crippen molar-refractivity contribution in [3.8, 4) is 0 Å². The van der Waals surface area contributed by atoms with Gasteiger partial charge in [0.05, 0.1) is 4.90 Å². The summed E-state index contributed by atoms with van der Waals surface area (Å²) in [5.41, 5.74) is 2.55. The molecule has 0 saturated carbocycles. The van der Waals surface area contributed by atoms with Gasteiger partial charge in [-0.3, -0.25) is 9.59 Å². The Morgan fingerprint density at radius 3 is 2.00 bits per heavy atom. The lowest BCUT2D eigenvalue weighted by atomic mass is 10.2. The van der Waals surface area contributed by atoms with Crippen molar-refractivity contribution in [2.45, 2.75) is 24.7 Å². The van der Waals surface area contributed by atoms with Crippen molar-refractivity contribution in [1.82, 2.24) is 4.72 Å². The van der Waals surface area contributed by atoms with E-state index < -0.39 is 10.0 Å². The van der Waals surface area contributed by atoms with E-state index in [9.17, 15) is 18.0 Å². The van der Waals surface area contributed by atoms with Gasteiger partial charge in [0.2, 0.25) is 15.9 Å². The lowest BCUT2D eigenvalue weighted by Gasteiger charge is -2.09. The van der Waals surface area contributed by atoms with Gasteiger partial charge in [0.25, 0.3) is 5.91 Å². The molecule has 0 unspecified atom stereocenters. The number of carbonyl (C=O) groups excluding carboxylic acids is 2. The number of carbonyl (C=O) groups is 2. The van der Waals surface area contributed by atoms with Gasteiger partial charge in [0, 0.05) is 29.9 Å². The summed E-state index contributed by atoms with van der Waals surface area (Å²) in [6.07, 6.45) is 0.964. The Morgan fingerprint density at radius 2 is 1.38 bits per heavy atom. The number of sulfonamides is 1. The van der Waals surface area contributed by atoms with Crippen LogP contribution >= 0.6 is 0 Å². The number of benzene rings is 3. The molecule has 0 aliphatic carbocycles. The highest BCUT2D eigenvalue weighted by Crippen LogP contribution is 2.16. The molecule has 0 radical (unpaired) electrons. The minimum absolute atomic E-state index is 0.105.